The Labute approximate surface area is 162 Å². The Kier molecular flexibility index (Phi) is 6.27. The molecule has 0 spiro atoms. The molecule has 1 saturated heterocycles. The number of hydrogen-bond acceptors (Lipinski definition) is 4. The van der Waals surface area contributed by atoms with Gasteiger partial charge in [0.1, 0.15) is 0 Å². The highest BCUT2D eigenvalue weighted by atomic mass is 32.2. The number of carbonyl (C=O) groups excluding carboxylic acids is 2. The summed E-state index contributed by atoms with van der Waals surface area (Å²) in [5.41, 5.74) is 2.06. The van der Waals surface area contributed by atoms with Crippen molar-refractivity contribution in [2.24, 2.45) is 0 Å². The molecule has 2 aromatic carbocycles. The Balaban J connectivity index is 1.87. The molecule has 0 N–H and O–H groups in total. The monoisotopic (exact) mass is 386 g/mol. The van der Waals surface area contributed by atoms with E-state index in [1.165, 1.54) is 23.5 Å². The number of nitrogens with zero attached hydrogens (tertiary/aromatic N) is 2. The van der Waals surface area contributed by atoms with Crippen molar-refractivity contribution in [3.8, 4) is 0 Å². The minimum atomic E-state index is -0.491. The molecule has 2 atom stereocenters. The largest absolute Gasteiger partial charge is 0.315 e. The van der Waals surface area contributed by atoms with Gasteiger partial charge in [0.15, 0.2) is 10.7 Å². The fourth-order valence-corrected chi connectivity index (χ4v) is 4.66. The van der Waals surface area contributed by atoms with Gasteiger partial charge in [0, 0.05) is 13.1 Å². The Morgan fingerprint density at radius 3 is 1.35 bits per heavy atom. The zero-order chi connectivity index (χ0) is 18.5. The standard InChI is InChI=1S/C20H22N2O2S2/c1-25-19-17(23)22(14-16-11-7-4-8-12-16)20(26-2)18(24)21(19)13-15-9-5-3-6-10-15/h3-12,19-20H,13-14H2,1-2H3. The first-order chi connectivity index (χ1) is 12.7. The SMILES string of the molecule is CSC1C(=O)N(Cc2ccccc2)C(SC)C(=O)N1Cc1ccccc1. The Morgan fingerprint density at radius 2 is 1.04 bits per heavy atom. The molecule has 0 aromatic heterocycles. The van der Waals surface area contributed by atoms with Crippen molar-refractivity contribution in [1.82, 2.24) is 9.80 Å². The molecule has 4 nitrogen and oxygen atoms in total. The van der Waals surface area contributed by atoms with Crippen molar-refractivity contribution in [2.75, 3.05) is 12.5 Å². The van der Waals surface area contributed by atoms with E-state index in [1.807, 2.05) is 73.2 Å². The second-order valence-electron chi connectivity index (χ2n) is 6.08. The van der Waals surface area contributed by atoms with Crippen LogP contribution in [0.1, 0.15) is 11.1 Å². The minimum Gasteiger partial charge on any atom is -0.315 e. The van der Waals surface area contributed by atoms with E-state index < -0.39 is 10.7 Å². The van der Waals surface area contributed by atoms with Crippen molar-refractivity contribution in [3.63, 3.8) is 0 Å². The number of thioether (sulfide) groups is 2. The molecule has 2 aromatic rings. The molecule has 0 bridgehead atoms. The summed E-state index contributed by atoms with van der Waals surface area (Å²) in [6.45, 7) is 0.903. The summed E-state index contributed by atoms with van der Waals surface area (Å²) in [5, 5.41) is -0.982. The van der Waals surface area contributed by atoms with Gasteiger partial charge in [-0.15, -0.1) is 23.5 Å². The molecule has 6 heteroatoms. The molecule has 1 aliphatic rings. The summed E-state index contributed by atoms with van der Waals surface area (Å²) in [7, 11) is 0. The zero-order valence-electron chi connectivity index (χ0n) is 14.9. The maximum absolute atomic E-state index is 13.2. The quantitative estimate of drug-likeness (QED) is 0.763. The van der Waals surface area contributed by atoms with Crippen LogP contribution >= 0.6 is 23.5 Å². The van der Waals surface area contributed by atoms with Crippen molar-refractivity contribution in [2.45, 2.75) is 23.8 Å². The molecule has 0 saturated carbocycles. The number of amides is 2. The lowest BCUT2D eigenvalue weighted by molar-refractivity contribution is -0.154. The molecule has 136 valence electrons. The van der Waals surface area contributed by atoms with Gasteiger partial charge < -0.3 is 9.80 Å². The average molecular weight is 387 g/mol. The van der Waals surface area contributed by atoms with Gasteiger partial charge in [0.2, 0.25) is 0 Å². The van der Waals surface area contributed by atoms with Crippen LogP contribution in [0, 0.1) is 0 Å². The highest BCUT2D eigenvalue weighted by Gasteiger charge is 2.45. The van der Waals surface area contributed by atoms with Crippen LogP contribution in [0.4, 0.5) is 0 Å². The van der Waals surface area contributed by atoms with Crippen LogP contribution in [0.2, 0.25) is 0 Å². The predicted molar refractivity (Wildman–Crippen MR) is 109 cm³/mol. The molecule has 3 rings (SSSR count). The summed E-state index contributed by atoms with van der Waals surface area (Å²) in [4.78, 5) is 29.8. The van der Waals surface area contributed by atoms with Crippen LogP contribution in [0.3, 0.4) is 0 Å². The van der Waals surface area contributed by atoms with Gasteiger partial charge >= 0.3 is 0 Å². The van der Waals surface area contributed by atoms with E-state index in [0.29, 0.717) is 13.1 Å². The van der Waals surface area contributed by atoms with E-state index >= 15 is 0 Å². The normalized spacial score (nSPS) is 20.5. The Bertz CT molecular complexity index is 689. The van der Waals surface area contributed by atoms with Gasteiger partial charge in [-0.2, -0.15) is 0 Å². The topological polar surface area (TPSA) is 40.6 Å². The summed E-state index contributed by atoms with van der Waals surface area (Å²) >= 11 is 2.83. The van der Waals surface area contributed by atoms with E-state index in [4.69, 9.17) is 0 Å². The van der Waals surface area contributed by atoms with E-state index in [0.717, 1.165) is 11.1 Å². The van der Waals surface area contributed by atoms with E-state index in [2.05, 4.69) is 0 Å². The van der Waals surface area contributed by atoms with Gasteiger partial charge in [-0.3, -0.25) is 9.59 Å². The number of hydrogen-bond donors (Lipinski definition) is 0. The summed E-state index contributed by atoms with van der Waals surface area (Å²) in [6, 6.07) is 19.6. The molecule has 0 aliphatic carbocycles. The Morgan fingerprint density at radius 1 is 0.692 bits per heavy atom. The molecule has 26 heavy (non-hydrogen) atoms. The lowest BCUT2D eigenvalue weighted by Crippen LogP contribution is -2.61. The summed E-state index contributed by atoms with van der Waals surface area (Å²) in [6.07, 6.45) is 3.77. The third kappa shape index (κ3) is 3.91. The van der Waals surface area contributed by atoms with E-state index in [9.17, 15) is 9.59 Å². The maximum atomic E-state index is 13.2. The van der Waals surface area contributed by atoms with Crippen LogP contribution < -0.4 is 0 Å². The van der Waals surface area contributed by atoms with E-state index in [-0.39, 0.29) is 11.8 Å². The van der Waals surface area contributed by atoms with Gasteiger partial charge in [0.05, 0.1) is 0 Å². The Hall–Kier alpha value is -1.92. The van der Waals surface area contributed by atoms with Crippen LogP contribution in [0.25, 0.3) is 0 Å². The average Bonchev–Trinajstić information content (AvgIpc) is 2.68. The highest BCUT2D eigenvalue weighted by Crippen LogP contribution is 2.31. The minimum absolute atomic E-state index is 0.00349. The number of carbonyl (C=O) groups is 2. The number of benzene rings is 2. The molecule has 1 heterocycles. The maximum Gasteiger partial charge on any atom is 0.257 e. The highest BCUT2D eigenvalue weighted by molar-refractivity contribution is 8.00. The summed E-state index contributed by atoms with van der Waals surface area (Å²) in [5.74, 6) is -0.00697. The van der Waals surface area contributed by atoms with Crippen molar-refractivity contribution in [3.05, 3.63) is 71.8 Å². The van der Waals surface area contributed by atoms with Gasteiger partial charge in [0.25, 0.3) is 11.8 Å². The molecular formula is C20H22N2O2S2. The molecule has 1 fully saturated rings. The molecule has 0 radical (unpaired) electrons. The molecule has 2 unspecified atom stereocenters. The lowest BCUT2D eigenvalue weighted by Gasteiger charge is -2.43. The van der Waals surface area contributed by atoms with Crippen LogP contribution in [0.15, 0.2) is 60.7 Å². The summed E-state index contributed by atoms with van der Waals surface area (Å²) < 4.78 is 0. The van der Waals surface area contributed by atoms with E-state index in [1.54, 1.807) is 9.80 Å². The molecule has 2 amide bonds. The fourth-order valence-electron chi connectivity index (χ4n) is 3.12. The second-order valence-corrected chi connectivity index (χ2v) is 7.92. The second kappa shape index (κ2) is 8.64. The number of piperazine rings is 1. The van der Waals surface area contributed by atoms with Crippen molar-refractivity contribution in [1.29, 1.82) is 0 Å². The van der Waals surface area contributed by atoms with Gasteiger partial charge in [-0.05, 0) is 23.6 Å². The third-order valence-corrected chi connectivity index (χ3v) is 6.20. The predicted octanol–water partition coefficient (Wildman–Crippen LogP) is 3.44. The van der Waals surface area contributed by atoms with Gasteiger partial charge in [-0.1, -0.05) is 60.7 Å². The third-order valence-electron chi connectivity index (χ3n) is 4.39. The van der Waals surface area contributed by atoms with Crippen molar-refractivity contribution >= 4 is 35.3 Å². The first-order valence-electron chi connectivity index (χ1n) is 8.40. The lowest BCUT2D eigenvalue weighted by atomic mass is 10.1. The van der Waals surface area contributed by atoms with Crippen LogP contribution in [-0.2, 0) is 22.7 Å². The van der Waals surface area contributed by atoms with Crippen LogP contribution in [-0.4, -0.2) is 44.9 Å². The molecule has 1 aliphatic heterocycles. The first kappa shape index (κ1) is 18.9. The smallest absolute Gasteiger partial charge is 0.257 e. The number of rotatable bonds is 6. The van der Waals surface area contributed by atoms with Gasteiger partial charge in [-0.25, -0.2) is 0 Å². The first-order valence-corrected chi connectivity index (χ1v) is 11.0. The van der Waals surface area contributed by atoms with Crippen molar-refractivity contribution < 1.29 is 9.59 Å². The fraction of sp³-hybridized carbons (Fsp3) is 0.300. The zero-order valence-corrected chi connectivity index (χ0v) is 16.5. The molecular weight excluding hydrogens is 364 g/mol. The van der Waals surface area contributed by atoms with Crippen LogP contribution in [0.5, 0.6) is 0 Å².